The highest BCUT2D eigenvalue weighted by atomic mass is 32.2. The Bertz CT molecular complexity index is 1200. The smallest absolute Gasteiger partial charge is 0.345 e. The second-order valence-corrected chi connectivity index (χ2v) is 9.97. The van der Waals surface area contributed by atoms with E-state index in [1.54, 1.807) is 12.4 Å². The Morgan fingerprint density at radius 3 is 2.77 bits per heavy atom. The van der Waals surface area contributed by atoms with E-state index in [2.05, 4.69) is 20.2 Å². The van der Waals surface area contributed by atoms with Crippen molar-refractivity contribution in [1.29, 1.82) is 0 Å². The van der Waals surface area contributed by atoms with Crippen LogP contribution in [0.25, 0.3) is 16.8 Å². The minimum absolute atomic E-state index is 0.251. The van der Waals surface area contributed by atoms with E-state index < -0.39 is 33.9 Å². The van der Waals surface area contributed by atoms with Crippen LogP contribution in [0, 0.1) is 0 Å². The number of nitrogens with zero attached hydrogens (tertiary/aromatic N) is 6. The van der Waals surface area contributed by atoms with Gasteiger partial charge in [-0.1, -0.05) is 6.42 Å². The van der Waals surface area contributed by atoms with Gasteiger partial charge >= 0.3 is 6.18 Å². The lowest BCUT2D eigenvalue weighted by Gasteiger charge is -2.57. The molecule has 0 aromatic carbocycles. The Morgan fingerprint density at radius 1 is 1.20 bits per heavy atom. The summed E-state index contributed by atoms with van der Waals surface area (Å²) in [6, 6.07) is 1.85. The summed E-state index contributed by atoms with van der Waals surface area (Å²) in [5.74, 6) is -0.345. The molecule has 162 valence electrons. The number of halogens is 3. The molecule has 0 amide bonds. The Morgan fingerprint density at radius 2 is 2.00 bits per heavy atom. The highest BCUT2D eigenvalue weighted by molar-refractivity contribution is 7.89. The molecule has 1 spiro atoms. The molecule has 2 saturated heterocycles. The second kappa shape index (κ2) is 6.54. The van der Waals surface area contributed by atoms with Crippen LogP contribution in [0.4, 0.5) is 19.1 Å². The molecule has 30 heavy (non-hydrogen) atoms. The fourth-order valence-electron chi connectivity index (χ4n) is 4.55. The number of piperidine rings is 1. The lowest BCUT2D eigenvalue weighted by Crippen LogP contribution is -2.73. The number of alkyl halides is 3. The fourth-order valence-corrected chi connectivity index (χ4v) is 6.46. The van der Waals surface area contributed by atoms with Crippen LogP contribution in [0.2, 0.25) is 0 Å². The number of rotatable bonds is 4. The van der Waals surface area contributed by atoms with Gasteiger partial charge in [-0.25, -0.2) is 13.4 Å². The van der Waals surface area contributed by atoms with E-state index in [4.69, 9.17) is 0 Å². The summed E-state index contributed by atoms with van der Waals surface area (Å²) >= 11 is 0. The Balaban J connectivity index is 1.42. The number of anilines is 1. The van der Waals surface area contributed by atoms with Crippen LogP contribution in [0.5, 0.6) is 0 Å². The highest BCUT2D eigenvalue weighted by Gasteiger charge is 2.54. The van der Waals surface area contributed by atoms with E-state index >= 15 is 0 Å². The number of aromatic amines is 1. The minimum Gasteiger partial charge on any atom is -0.345 e. The summed E-state index contributed by atoms with van der Waals surface area (Å²) in [5.41, 5.74) is 1.34. The highest BCUT2D eigenvalue weighted by Crippen LogP contribution is 2.41. The molecule has 0 atom stereocenters. The molecule has 2 aliphatic rings. The molecule has 9 nitrogen and oxygen atoms in total. The quantitative estimate of drug-likeness (QED) is 0.662. The van der Waals surface area contributed by atoms with Crippen molar-refractivity contribution in [3.8, 4) is 0 Å². The van der Waals surface area contributed by atoms with E-state index in [-0.39, 0.29) is 6.54 Å². The van der Waals surface area contributed by atoms with Gasteiger partial charge in [-0.2, -0.15) is 17.5 Å². The molecular formula is C17H20F3N7O2S. The van der Waals surface area contributed by atoms with E-state index in [9.17, 15) is 21.6 Å². The van der Waals surface area contributed by atoms with Gasteiger partial charge in [0.2, 0.25) is 16.0 Å². The number of hydrogen-bond donors (Lipinski definition) is 1. The normalized spacial score (nSPS) is 20.3. The van der Waals surface area contributed by atoms with E-state index in [0.29, 0.717) is 43.2 Å². The van der Waals surface area contributed by atoms with E-state index in [1.165, 1.54) is 4.31 Å². The van der Waals surface area contributed by atoms with Crippen LogP contribution in [0.15, 0.2) is 18.5 Å². The molecule has 2 aliphatic heterocycles. The average Bonchev–Trinajstić information content (AvgIpc) is 3.30. The Kier molecular flexibility index (Phi) is 4.26. The summed E-state index contributed by atoms with van der Waals surface area (Å²) < 4.78 is 66.5. The SMILES string of the molecule is O=S(=O)(CCC(F)(F)F)N1CCCCC12CN(c1nnc3cnc4[nH]ccc4n13)C2. The minimum atomic E-state index is -4.50. The topological polar surface area (TPSA) is 99.5 Å². The zero-order valence-corrected chi connectivity index (χ0v) is 16.7. The van der Waals surface area contributed by atoms with Crippen molar-refractivity contribution in [3.05, 3.63) is 18.5 Å². The van der Waals surface area contributed by atoms with Gasteiger partial charge in [0, 0.05) is 25.8 Å². The molecule has 1 N–H and O–H groups in total. The van der Waals surface area contributed by atoms with Crippen molar-refractivity contribution in [2.24, 2.45) is 0 Å². The van der Waals surface area contributed by atoms with Crippen molar-refractivity contribution in [3.63, 3.8) is 0 Å². The number of fused-ring (bicyclic) bond motifs is 3. The lowest BCUT2D eigenvalue weighted by atomic mass is 9.82. The number of sulfonamides is 1. The van der Waals surface area contributed by atoms with Crippen LogP contribution in [0.1, 0.15) is 25.7 Å². The molecule has 0 aliphatic carbocycles. The van der Waals surface area contributed by atoms with Crippen molar-refractivity contribution in [1.82, 2.24) is 28.9 Å². The van der Waals surface area contributed by atoms with Gasteiger partial charge in [-0.05, 0) is 18.9 Å². The summed E-state index contributed by atoms with van der Waals surface area (Å²) in [6.07, 6.45) is -0.375. The zero-order chi connectivity index (χ0) is 21.1. The summed E-state index contributed by atoms with van der Waals surface area (Å²) in [4.78, 5) is 9.23. The van der Waals surface area contributed by atoms with E-state index in [1.807, 2.05) is 15.4 Å². The average molecular weight is 443 g/mol. The Hall–Kier alpha value is -2.41. The fraction of sp³-hybridized carbons (Fsp3) is 0.588. The van der Waals surface area contributed by atoms with Crippen LogP contribution in [0.3, 0.4) is 0 Å². The van der Waals surface area contributed by atoms with Crippen molar-refractivity contribution >= 4 is 32.8 Å². The summed E-state index contributed by atoms with van der Waals surface area (Å²) in [5, 5.41) is 8.40. The third-order valence-electron chi connectivity index (χ3n) is 5.94. The molecule has 3 aromatic heterocycles. The predicted octanol–water partition coefficient (Wildman–Crippen LogP) is 1.93. The molecule has 0 bridgehead atoms. The maximum absolute atomic E-state index is 12.7. The molecule has 2 fully saturated rings. The van der Waals surface area contributed by atoms with Crippen LogP contribution >= 0.6 is 0 Å². The Labute approximate surface area is 169 Å². The largest absolute Gasteiger partial charge is 0.390 e. The van der Waals surface area contributed by atoms with Gasteiger partial charge in [-0.15, -0.1) is 10.2 Å². The van der Waals surface area contributed by atoms with Gasteiger partial charge in [0.15, 0.2) is 11.3 Å². The monoisotopic (exact) mass is 443 g/mol. The molecule has 3 aromatic rings. The number of H-pyrrole nitrogens is 1. The van der Waals surface area contributed by atoms with Crippen LogP contribution in [-0.4, -0.2) is 74.4 Å². The second-order valence-electron chi connectivity index (χ2n) is 7.95. The van der Waals surface area contributed by atoms with Crippen molar-refractivity contribution < 1.29 is 21.6 Å². The lowest BCUT2D eigenvalue weighted by molar-refractivity contribution is -0.130. The van der Waals surface area contributed by atoms with Crippen molar-refractivity contribution in [2.75, 3.05) is 30.3 Å². The van der Waals surface area contributed by atoms with Gasteiger partial charge in [-0.3, -0.25) is 4.40 Å². The molecule has 0 unspecified atom stereocenters. The first kappa shape index (κ1) is 19.5. The maximum Gasteiger partial charge on any atom is 0.390 e. The van der Waals surface area contributed by atoms with Crippen LogP contribution < -0.4 is 4.90 Å². The molecular weight excluding hydrogens is 423 g/mol. The molecule has 13 heteroatoms. The predicted molar refractivity (Wildman–Crippen MR) is 103 cm³/mol. The number of aromatic nitrogens is 5. The number of nitrogens with one attached hydrogen (secondary N) is 1. The van der Waals surface area contributed by atoms with Gasteiger partial charge in [0.05, 0.1) is 29.4 Å². The van der Waals surface area contributed by atoms with Crippen LogP contribution in [-0.2, 0) is 10.0 Å². The standard InChI is InChI=1S/C17H20F3N7O2S/c18-17(19,20)5-8-30(28,29)26-7-2-1-4-16(26)10-25(11-16)15-24-23-13-9-22-14-12(27(13)15)3-6-21-14/h3,6,9,21H,1-2,4-5,7-8,10-11H2. The molecule has 5 heterocycles. The maximum atomic E-state index is 12.7. The van der Waals surface area contributed by atoms with E-state index in [0.717, 1.165) is 11.9 Å². The zero-order valence-electron chi connectivity index (χ0n) is 15.9. The number of hydrogen-bond acceptors (Lipinski definition) is 6. The third-order valence-corrected chi connectivity index (χ3v) is 7.90. The van der Waals surface area contributed by atoms with Gasteiger partial charge in [0.25, 0.3) is 0 Å². The molecule has 5 rings (SSSR count). The first-order valence-electron chi connectivity index (χ1n) is 9.68. The first-order chi connectivity index (χ1) is 14.2. The van der Waals surface area contributed by atoms with Gasteiger partial charge in [0.1, 0.15) is 0 Å². The third kappa shape index (κ3) is 3.11. The van der Waals surface area contributed by atoms with Gasteiger partial charge < -0.3 is 9.88 Å². The summed E-state index contributed by atoms with van der Waals surface area (Å²) in [6.45, 7) is 0.987. The summed E-state index contributed by atoms with van der Waals surface area (Å²) in [7, 11) is -4.02. The van der Waals surface area contributed by atoms with Crippen molar-refractivity contribution in [2.45, 2.75) is 37.4 Å². The molecule has 0 radical (unpaired) electrons. The molecule has 0 saturated carbocycles. The first-order valence-corrected chi connectivity index (χ1v) is 11.3.